The number of aryl methyl sites for hydroxylation is 1. The van der Waals surface area contributed by atoms with Crippen molar-refractivity contribution < 1.29 is 17.8 Å². The molecule has 4 nitrogen and oxygen atoms in total. The predicted molar refractivity (Wildman–Crippen MR) is 103 cm³/mol. The number of rotatable bonds is 8. The van der Waals surface area contributed by atoms with Crippen molar-refractivity contribution in [1.29, 1.82) is 0 Å². The molecular formula is C19H23O4PS. The third-order valence-corrected chi connectivity index (χ3v) is 7.61. The Morgan fingerprint density at radius 3 is 2.08 bits per heavy atom. The monoisotopic (exact) mass is 378 g/mol. The Bertz CT molecular complexity index is 775. The second kappa shape index (κ2) is 9.25. The van der Waals surface area contributed by atoms with Gasteiger partial charge in [0, 0.05) is 4.90 Å². The molecule has 0 aliphatic rings. The maximum absolute atomic E-state index is 13.3. The minimum absolute atomic E-state index is 0.159. The summed E-state index contributed by atoms with van der Waals surface area (Å²) in [6.45, 7) is 5.87. The summed E-state index contributed by atoms with van der Waals surface area (Å²) < 4.78 is 37.5. The third kappa shape index (κ3) is 5.23. The zero-order chi connectivity index (χ0) is 18.3. The van der Waals surface area contributed by atoms with E-state index in [1.807, 2.05) is 37.3 Å². The Labute approximate surface area is 151 Å². The van der Waals surface area contributed by atoms with Crippen LogP contribution in [0.2, 0.25) is 0 Å². The number of benzene rings is 2. The van der Waals surface area contributed by atoms with Crippen LogP contribution in [-0.4, -0.2) is 17.4 Å². The third-order valence-electron chi connectivity index (χ3n) is 3.38. The molecule has 0 amide bonds. The van der Waals surface area contributed by atoms with Crippen molar-refractivity contribution in [1.82, 2.24) is 0 Å². The van der Waals surface area contributed by atoms with Crippen LogP contribution in [0, 0.1) is 6.92 Å². The van der Waals surface area contributed by atoms with Crippen molar-refractivity contribution in [2.45, 2.75) is 25.7 Å². The summed E-state index contributed by atoms with van der Waals surface area (Å²) >= 11 is 0. The molecule has 1 unspecified atom stereocenters. The molecule has 25 heavy (non-hydrogen) atoms. The first-order valence-electron chi connectivity index (χ1n) is 8.15. The molecule has 0 radical (unpaired) electrons. The first kappa shape index (κ1) is 19.8. The van der Waals surface area contributed by atoms with Crippen molar-refractivity contribution in [3.63, 3.8) is 0 Å². The molecule has 2 aromatic rings. The maximum atomic E-state index is 13.3. The van der Waals surface area contributed by atoms with Crippen LogP contribution in [0.25, 0.3) is 6.08 Å². The lowest BCUT2D eigenvalue weighted by Crippen LogP contribution is -2.04. The second-order valence-corrected chi connectivity index (χ2v) is 9.05. The molecule has 6 heteroatoms. The Morgan fingerprint density at radius 2 is 1.56 bits per heavy atom. The lowest BCUT2D eigenvalue weighted by atomic mass is 10.1. The minimum atomic E-state index is -3.67. The van der Waals surface area contributed by atoms with Crippen molar-refractivity contribution in [3.8, 4) is 0 Å². The van der Waals surface area contributed by atoms with E-state index in [0.29, 0.717) is 4.90 Å². The fourth-order valence-electron chi connectivity index (χ4n) is 2.21. The molecule has 0 heterocycles. The summed E-state index contributed by atoms with van der Waals surface area (Å²) in [6.07, 6.45) is 1.65. The van der Waals surface area contributed by atoms with Gasteiger partial charge < -0.3 is 9.05 Å². The summed E-state index contributed by atoms with van der Waals surface area (Å²) in [5.41, 5.74) is 1.91. The molecule has 0 bridgehead atoms. The molecule has 0 saturated carbocycles. The largest absolute Gasteiger partial charge is 0.370 e. The van der Waals surface area contributed by atoms with Gasteiger partial charge in [-0.25, -0.2) is 4.21 Å². The van der Waals surface area contributed by atoms with Crippen LogP contribution >= 0.6 is 7.60 Å². The molecule has 1 atom stereocenters. The molecule has 0 spiro atoms. The van der Waals surface area contributed by atoms with E-state index in [1.165, 1.54) is 0 Å². The van der Waals surface area contributed by atoms with Crippen LogP contribution in [0.5, 0.6) is 0 Å². The van der Waals surface area contributed by atoms with Gasteiger partial charge in [-0.2, -0.15) is 0 Å². The first-order valence-corrected chi connectivity index (χ1v) is 10.8. The van der Waals surface area contributed by atoms with Gasteiger partial charge in [-0.05, 0) is 44.5 Å². The predicted octanol–water partition coefficient (Wildman–Crippen LogP) is 5.37. The molecule has 0 fully saturated rings. The van der Waals surface area contributed by atoms with Gasteiger partial charge in [-0.1, -0.05) is 48.0 Å². The summed E-state index contributed by atoms with van der Waals surface area (Å²) in [6, 6.07) is 16.6. The van der Waals surface area contributed by atoms with Gasteiger partial charge in [0.1, 0.15) is 4.65 Å². The number of hydrogen-bond donors (Lipinski definition) is 0. The lowest BCUT2D eigenvalue weighted by molar-refractivity contribution is 0.228. The highest BCUT2D eigenvalue weighted by Gasteiger charge is 2.34. The van der Waals surface area contributed by atoms with Gasteiger partial charge in [0.15, 0.2) is 0 Å². The fourth-order valence-corrected chi connectivity index (χ4v) is 5.86. The lowest BCUT2D eigenvalue weighted by Gasteiger charge is -2.19. The molecule has 2 rings (SSSR count). The Hall–Kier alpha value is -1.52. The molecule has 0 saturated heterocycles. The molecular weight excluding hydrogens is 355 g/mol. The summed E-state index contributed by atoms with van der Waals surface area (Å²) in [7, 11) is -5.32. The summed E-state index contributed by atoms with van der Waals surface area (Å²) in [5, 5.41) is 0. The molecule has 134 valence electrons. The van der Waals surface area contributed by atoms with Gasteiger partial charge in [-0.15, -0.1) is 0 Å². The maximum Gasteiger partial charge on any atom is 0.370 e. The van der Waals surface area contributed by atoms with Crippen molar-refractivity contribution in [3.05, 3.63) is 70.4 Å². The summed E-state index contributed by atoms with van der Waals surface area (Å²) in [4.78, 5) is 0.556. The van der Waals surface area contributed by atoms with Crippen molar-refractivity contribution in [2.24, 2.45) is 0 Å². The van der Waals surface area contributed by atoms with E-state index < -0.39 is 18.4 Å². The average molecular weight is 378 g/mol. The van der Waals surface area contributed by atoms with E-state index >= 15 is 0 Å². The molecule has 0 N–H and O–H groups in total. The standard InChI is InChI=1S/C19H23O4PS/c1-4-22-24(20,23-5-2)19(15-17-13-11-16(3)12-14-17)25(21)18-9-7-6-8-10-18/h6-15H,4-5H2,1-3H3/b19-15+. The van der Waals surface area contributed by atoms with Gasteiger partial charge in [0.2, 0.25) is 0 Å². The van der Waals surface area contributed by atoms with Gasteiger partial charge in [0.05, 0.1) is 24.0 Å². The van der Waals surface area contributed by atoms with Crippen LogP contribution in [0.1, 0.15) is 25.0 Å². The van der Waals surface area contributed by atoms with E-state index in [0.717, 1.165) is 11.1 Å². The van der Waals surface area contributed by atoms with E-state index in [-0.39, 0.29) is 17.9 Å². The summed E-state index contributed by atoms with van der Waals surface area (Å²) in [5.74, 6) is 0. The smallest absolute Gasteiger partial charge is 0.305 e. The second-order valence-electron chi connectivity index (χ2n) is 5.31. The van der Waals surface area contributed by atoms with Crippen LogP contribution in [0.3, 0.4) is 0 Å². The van der Waals surface area contributed by atoms with Crippen LogP contribution in [-0.2, 0) is 24.4 Å². The quantitative estimate of drug-likeness (QED) is 0.580. The Balaban J connectivity index is 2.56. The van der Waals surface area contributed by atoms with E-state index in [4.69, 9.17) is 9.05 Å². The zero-order valence-corrected chi connectivity index (χ0v) is 16.4. The van der Waals surface area contributed by atoms with E-state index in [1.54, 1.807) is 44.2 Å². The molecule has 0 aliphatic carbocycles. The van der Waals surface area contributed by atoms with Crippen LogP contribution in [0.4, 0.5) is 0 Å². The van der Waals surface area contributed by atoms with Gasteiger partial charge >= 0.3 is 7.60 Å². The SMILES string of the molecule is CCOP(=O)(OCC)/C(=C\c1ccc(C)cc1)S(=O)c1ccccc1. The zero-order valence-electron chi connectivity index (χ0n) is 14.7. The molecule has 0 aromatic heterocycles. The normalized spacial score (nSPS) is 13.6. The van der Waals surface area contributed by atoms with E-state index in [9.17, 15) is 8.77 Å². The Morgan fingerprint density at radius 1 is 1.00 bits per heavy atom. The molecule has 2 aromatic carbocycles. The topological polar surface area (TPSA) is 52.6 Å². The highest BCUT2D eigenvalue weighted by molar-refractivity contribution is 7.98. The molecule has 0 aliphatic heterocycles. The van der Waals surface area contributed by atoms with Gasteiger partial charge in [-0.3, -0.25) is 4.57 Å². The highest BCUT2D eigenvalue weighted by atomic mass is 32.2. The minimum Gasteiger partial charge on any atom is -0.305 e. The first-order chi connectivity index (χ1) is 12.0. The van der Waals surface area contributed by atoms with E-state index in [2.05, 4.69) is 0 Å². The van der Waals surface area contributed by atoms with Crippen molar-refractivity contribution >= 4 is 24.5 Å². The fraction of sp³-hybridized carbons (Fsp3) is 0.263. The average Bonchev–Trinajstić information content (AvgIpc) is 2.62. The number of hydrogen-bond acceptors (Lipinski definition) is 4. The van der Waals surface area contributed by atoms with Crippen LogP contribution < -0.4 is 0 Å². The highest BCUT2D eigenvalue weighted by Crippen LogP contribution is 2.58. The van der Waals surface area contributed by atoms with Gasteiger partial charge in [0.25, 0.3) is 0 Å². The van der Waals surface area contributed by atoms with Crippen molar-refractivity contribution in [2.75, 3.05) is 13.2 Å². The Kier molecular flexibility index (Phi) is 7.33. The van der Waals surface area contributed by atoms with Crippen LogP contribution in [0.15, 0.2) is 64.1 Å².